The van der Waals surface area contributed by atoms with Crippen LogP contribution < -0.4 is 10.6 Å². The second kappa shape index (κ2) is 12.7. The zero-order valence-corrected chi connectivity index (χ0v) is 19.4. The summed E-state index contributed by atoms with van der Waals surface area (Å²) < 4.78 is 13.9. The van der Waals surface area contributed by atoms with Gasteiger partial charge in [0.05, 0.1) is 6.20 Å². The van der Waals surface area contributed by atoms with Gasteiger partial charge in [-0.05, 0) is 44.6 Å². The Morgan fingerprint density at radius 2 is 2.23 bits per heavy atom. The topological polar surface area (TPSA) is 71.3 Å². The summed E-state index contributed by atoms with van der Waals surface area (Å²) in [6.45, 7) is 5.75. The zero-order chi connectivity index (χ0) is 18.1. The van der Waals surface area contributed by atoms with Gasteiger partial charge in [-0.2, -0.15) is 5.10 Å². The maximum absolute atomic E-state index is 12.1. The first-order valence-electron chi connectivity index (χ1n) is 9.51. The van der Waals surface area contributed by atoms with Gasteiger partial charge in [-0.25, -0.2) is 0 Å². The molecule has 150 valence electrons. The molecular weight excluding hydrogens is 461 g/mol. The van der Waals surface area contributed by atoms with E-state index in [2.05, 4.69) is 28.9 Å². The molecule has 1 aromatic rings. The minimum atomic E-state index is -0.687. The lowest BCUT2D eigenvalue weighted by Gasteiger charge is -2.30. The molecule has 1 aromatic heterocycles. The van der Waals surface area contributed by atoms with E-state index in [9.17, 15) is 4.21 Å². The van der Waals surface area contributed by atoms with E-state index in [-0.39, 0.29) is 24.0 Å². The highest BCUT2D eigenvalue weighted by molar-refractivity contribution is 14.0. The molecule has 1 fully saturated rings. The van der Waals surface area contributed by atoms with Crippen LogP contribution in [0.2, 0.25) is 0 Å². The SMILES string of the molecule is CCNC(=NCCCc1cnn(C)c1)NC1CCCC(S(=O)CC)C1.I. The molecule has 1 aliphatic rings. The van der Waals surface area contributed by atoms with Crippen molar-refractivity contribution in [1.29, 1.82) is 0 Å². The molecule has 1 aliphatic carbocycles. The van der Waals surface area contributed by atoms with Crippen LogP contribution in [0, 0.1) is 0 Å². The quantitative estimate of drug-likeness (QED) is 0.252. The minimum Gasteiger partial charge on any atom is -0.357 e. The number of nitrogens with one attached hydrogen (secondary N) is 2. The third kappa shape index (κ3) is 7.94. The summed E-state index contributed by atoms with van der Waals surface area (Å²) in [5.41, 5.74) is 1.26. The van der Waals surface area contributed by atoms with Crippen molar-refractivity contribution in [2.75, 3.05) is 18.8 Å². The molecular formula is C18H34IN5OS. The minimum absolute atomic E-state index is 0. The van der Waals surface area contributed by atoms with Gasteiger partial charge in [0.25, 0.3) is 0 Å². The maximum Gasteiger partial charge on any atom is 0.191 e. The van der Waals surface area contributed by atoms with Gasteiger partial charge in [0.1, 0.15) is 0 Å². The second-order valence-corrected chi connectivity index (χ2v) is 8.69. The average molecular weight is 495 g/mol. The van der Waals surface area contributed by atoms with Gasteiger partial charge in [0.15, 0.2) is 5.96 Å². The number of nitrogens with zero attached hydrogens (tertiary/aromatic N) is 3. The predicted octanol–water partition coefficient (Wildman–Crippen LogP) is 2.61. The van der Waals surface area contributed by atoms with E-state index in [0.29, 0.717) is 11.3 Å². The van der Waals surface area contributed by atoms with Crippen molar-refractivity contribution in [3.63, 3.8) is 0 Å². The first kappa shape index (κ1) is 23.4. The summed E-state index contributed by atoms with van der Waals surface area (Å²) in [6.07, 6.45) is 10.4. The van der Waals surface area contributed by atoms with Crippen molar-refractivity contribution < 1.29 is 4.21 Å². The van der Waals surface area contributed by atoms with Crippen LogP contribution in [-0.2, 0) is 24.3 Å². The highest BCUT2D eigenvalue weighted by Gasteiger charge is 2.25. The van der Waals surface area contributed by atoms with Gasteiger partial charge in [-0.3, -0.25) is 13.9 Å². The molecule has 1 heterocycles. The third-order valence-corrected chi connectivity index (χ3v) is 6.36. The van der Waals surface area contributed by atoms with Crippen LogP contribution in [0.5, 0.6) is 0 Å². The summed E-state index contributed by atoms with van der Waals surface area (Å²) in [6, 6.07) is 0.380. The van der Waals surface area contributed by atoms with Crippen molar-refractivity contribution in [1.82, 2.24) is 20.4 Å². The number of rotatable bonds is 8. The van der Waals surface area contributed by atoms with Crippen molar-refractivity contribution in [2.45, 2.75) is 63.7 Å². The third-order valence-electron chi connectivity index (χ3n) is 4.62. The molecule has 6 nitrogen and oxygen atoms in total. The monoisotopic (exact) mass is 495 g/mol. The predicted molar refractivity (Wildman–Crippen MR) is 121 cm³/mol. The van der Waals surface area contributed by atoms with Crippen LogP contribution >= 0.6 is 24.0 Å². The molecule has 26 heavy (non-hydrogen) atoms. The van der Waals surface area contributed by atoms with Crippen molar-refractivity contribution >= 4 is 40.7 Å². The van der Waals surface area contributed by atoms with Crippen LogP contribution in [0.25, 0.3) is 0 Å². The van der Waals surface area contributed by atoms with E-state index in [1.807, 2.05) is 24.9 Å². The van der Waals surface area contributed by atoms with Crippen LogP contribution in [0.15, 0.2) is 17.4 Å². The fraction of sp³-hybridized carbons (Fsp3) is 0.778. The zero-order valence-electron chi connectivity index (χ0n) is 16.2. The van der Waals surface area contributed by atoms with E-state index >= 15 is 0 Å². The first-order valence-corrected chi connectivity index (χ1v) is 10.9. The number of aryl methyl sites for hydroxylation is 2. The van der Waals surface area contributed by atoms with Gasteiger partial charge < -0.3 is 10.6 Å². The molecule has 0 spiro atoms. The highest BCUT2D eigenvalue weighted by Crippen LogP contribution is 2.22. The molecule has 0 aromatic carbocycles. The second-order valence-electron chi connectivity index (χ2n) is 6.69. The van der Waals surface area contributed by atoms with Crippen LogP contribution in [0.4, 0.5) is 0 Å². The van der Waals surface area contributed by atoms with Gasteiger partial charge in [-0.15, -0.1) is 24.0 Å². The fourth-order valence-electron chi connectivity index (χ4n) is 3.34. The van der Waals surface area contributed by atoms with Crippen LogP contribution in [0.1, 0.15) is 51.5 Å². The van der Waals surface area contributed by atoms with Crippen molar-refractivity contribution in [3.05, 3.63) is 18.0 Å². The van der Waals surface area contributed by atoms with Gasteiger partial charge in [0, 0.05) is 54.2 Å². The number of hydrogen-bond acceptors (Lipinski definition) is 3. The van der Waals surface area contributed by atoms with Crippen molar-refractivity contribution in [2.24, 2.45) is 12.0 Å². The molecule has 0 bridgehead atoms. The molecule has 0 radical (unpaired) electrons. The van der Waals surface area contributed by atoms with E-state index in [1.165, 1.54) is 5.56 Å². The number of guanidine groups is 1. The Morgan fingerprint density at radius 3 is 2.88 bits per heavy atom. The summed E-state index contributed by atoms with van der Waals surface area (Å²) in [7, 11) is 1.26. The normalized spacial score (nSPS) is 21.7. The van der Waals surface area contributed by atoms with E-state index in [1.54, 1.807) is 0 Å². The Morgan fingerprint density at radius 1 is 1.42 bits per heavy atom. The molecule has 0 aliphatic heterocycles. The van der Waals surface area contributed by atoms with Gasteiger partial charge in [0.2, 0.25) is 0 Å². The fourth-order valence-corrected chi connectivity index (χ4v) is 4.69. The Balaban J connectivity index is 0.00000338. The molecule has 8 heteroatoms. The maximum atomic E-state index is 12.1. The molecule has 0 saturated heterocycles. The number of halogens is 1. The summed E-state index contributed by atoms with van der Waals surface area (Å²) >= 11 is 0. The first-order chi connectivity index (χ1) is 12.1. The van der Waals surface area contributed by atoms with Crippen molar-refractivity contribution in [3.8, 4) is 0 Å². The largest absolute Gasteiger partial charge is 0.357 e. The highest BCUT2D eigenvalue weighted by atomic mass is 127. The Hall–Kier alpha value is -0.640. The lowest BCUT2D eigenvalue weighted by molar-refractivity contribution is 0.413. The van der Waals surface area contributed by atoms with Gasteiger partial charge >= 0.3 is 0 Å². The van der Waals surface area contributed by atoms with Crippen LogP contribution in [0.3, 0.4) is 0 Å². The Labute approximate surface area is 177 Å². The summed E-state index contributed by atoms with van der Waals surface area (Å²) in [5.74, 6) is 1.65. The van der Waals surface area contributed by atoms with Crippen LogP contribution in [-0.4, -0.2) is 50.1 Å². The van der Waals surface area contributed by atoms with Gasteiger partial charge in [-0.1, -0.05) is 13.3 Å². The summed E-state index contributed by atoms with van der Waals surface area (Å²) in [5, 5.41) is 11.4. The molecule has 2 rings (SSSR count). The molecule has 0 amide bonds. The molecule has 3 unspecified atom stereocenters. The molecule has 2 N–H and O–H groups in total. The van der Waals surface area contributed by atoms with E-state index < -0.39 is 10.8 Å². The standard InChI is InChI=1S/C18H33N5OS.HI/c1-4-19-18(20-11-7-8-15-13-21-23(3)14-15)22-16-9-6-10-17(12-16)25(24)5-2;/h13-14,16-17H,4-12H2,1-3H3,(H2,19,20,22);1H. The summed E-state index contributed by atoms with van der Waals surface area (Å²) in [4.78, 5) is 4.71. The Kier molecular flexibility index (Phi) is 11.4. The lowest BCUT2D eigenvalue weighted by atomic mass is 9.95. The Bertz CT molecular complexity index is 578. The number of aliphatic imine (C=N–C) groups is 1. The number of hydrogen-bond donors (Lipinski definition) is 2. The lowest BCUT2D eigenvalue weighted by Crippen LogP contribution is -2.46. The smallest absolute Gasteiger partial charge is 0.191 e. The molecule has 3 atom stereocenters. The van der Waals surface area contributed by atoms with E-state index in [4.69, 9.17) is 4.99 Å². The molecule has 1 saturated carbocycles. The van der Waals surface area contributed by atoms with E-state index in [0.717, 1.165) is 63.3 Å². The number of aromatic nitrogens is 2. The average Bonchev–Trinajstić information content (AvgIpc) is 3.03.